The summed E-state index contributed by atoms with van der Waals surface area (Å²) in [6.07, 6.45) is 2.44. The Hall–Kier alpha value is -1.61. The zero-order valence-electron chi connectivity index (χ0n) is 13.6. The van der Waals surface area contributed by atoms with Crippen LogP contribution in [0.1, 0.15) is 26.2 Å². The van der Waals surface area contributed by atoms with Crippen molar-refractivity contribution in [1.82, 2.24) is 16.0 Å². The highest BCUT2D eigenvalue weighted by Crippen LogP contribution is 1.94. The van der Waals surface area contributed by atoms with Gasteiger partial charge in [-0.15, -0.1) is 0 Å². The molecule has 0 spiro atoms. The van der Waals surface area contributed by atoms with Gasteiger partial charge in [0.15, 0.2) is 0 Å². The van der Waals surface area contributed by atoms with Crippen LogP contribution in [0.3, 0.4) is 0 Å². The molecule has 3 amide bonds. The Labute approximate surface area is 140 Å². The predicted molar refractivity (Wildman–Crippen MR) is 89.9 cm³/mol. The van der Waals surface area contributed by atoms with Gasteiger partial charge in [-0.25, -0.2) is 0 Å². The fourth-order valence-electron chi connectivity index (χ4n) is 1.56. The van der Waals surface area contributed by atoms with Gasteiger partial charge in [-0.3, -0.25) is 19.2 Å². The third kappa shape index (κ3) is 12.6. The van der Waals surface area contributed by atoms with E-state index < -0.39 is 6.04 Å². The van der Waals surface area contributed by atoms with E-state index in [2.05, 4.69) is 16.0 Å². The summed E-state index contributed by atoms with van der Waals surface area (Å²) in [6.45, 7) is 2.19. The molecule has 0 unspecified atom stereocenters. The van der Waals surface area contributed by atoms with Gasteiger partial charge in [-0.2, -0.15) is 11.8 Å². The molecule has 5 N–H and O–H groups in total. The van der Waals surface area contributed by atoms with E-state index in [1.165, 1.54) is 18.7 Å². The number of Topliss-reactive ketones (excluding diaryl/α,β-unsaturated/α-hetero) is 1. The lowest BCUT2D eigenvalue weighted by atomic mass is 10.3. The summed E-state index contributed by atoms with van der Waals surface area (Å²) in [5.74, 6) is -0.213. The zero-order valence-corrected chi connectivity index (χ0v) is 14.5. The molecule has 0 aromatic rings. The van der Waals surface area contributed by atoms with E-state index in [1.54, 1.807) is 0 Å². The maximum atomic E-state index is 11.5. The topological polar surface area (TPSA) is 130 Å². The van der Waals surface area contributed by atoms with Crippen molar-refractivity contribution in [3.8, 4) is 0 Å². The maximum Gasteiger partial charge on any atom is 0.237 e. The molecule has 0 bridgehead atoms. The first kappa shape index (κ1) is 21.4. The number of rotatable bonds is 12. The van der Waals surface area contributed by atoms with Crippen molar-refractivity contribution < 1.29 is 19.2 Å². The van der Waals surface area contributed by atoms with Crippen LogP contribution < -0.4 is 21.7 Å². The van der Waals surface area contributed by atoms with Crippen LogP contribution in [0.4, 0.5) is 0 Å². The highest BCUT2D eigenvalue weighted by atomic mass is 32.2. The van der Waals surface area contributed by atoms with Crippen LogP contribution in [-0.4, -0.2) is 61.2 Å². The van der Waals surface area contributed by atoms with Crippen molar-refractivity contribution in [2.75, 3.05) is 31.6 Å². The second kappa shape index (κ2) is 12.9. The highest BCUT2D eigenvalue weighted by molar-refractivity contribution is 7.98. The molecule has 0 aliphatic carbocycles. The van der Waals surface area contributed by atoms with Gasteiger partial charge in [-0.05, 0) is 13.2 Å². The summed E-state index contributed by atoms with van der Waals surface area (Å²) in [4.78, 5) is 45.1. The number of carbonyl (C=O) groups excluding carboxylic acids is 4. The van der Waals surface area contributed by atoms with E-state index in [0.29, 0.717) is 18.7 Å². The van der Waals surface area contributed by atoms with Gasteiger partial charge in [0.1, 0.15) is 5.78 Å². The average Bonchev–Trinajstić information content (AvgIpc) is 2.46. The summed E-state index contributed by atoms with van der Waals surface area (Å²) < 4.78 is 0. The lowest BCUT2D eigenvalue weighted by molar-refractivity contribution is -0.123. The summed E-state index contributed by atoms with van der Waals surface area (Å²) in [5.41, 5.74) is 5.62. The monoisotopic (exact) mass is 346 g/mol. The Morgan fingerprint density at radius 3 is 1.87 bits per heavy atom. The van der Waals surface area contributed by atoms with Gasteiger partial charge in [-0.1, -0.05) is 0 Å². The minimum Gasteiger partial charge on any atom is -0.356 e. The van der Waals surface area contributed by atoms with Crippen LogP contribution in [0.15, 0.2) is 0 Å². The van der Waals surface area contributed by atoms with E-state index in [0.717, 1.165) is 0 Å². The number of nitrogens with two attached hydrogens (primary N) is 1. The van der Waals surface area contributed by atoms with Crippen LogP contribution in [-0.2, 0) is 19.2 Å². The fourth-order valence-corrected chi connectivity index (χ4v) is 2.07. The molecule has 8 nitrogen and oxygen atoms in total. The van der Waals surface area contributed by atoms with E-state index >= 15 is 0 Å². The average molecular weight is 346 g/mol. The molecule has 0 aliphatic rings. The number of thioether (sulfide) groups is 1. The molecular formula is C14H26N4O4S. The van der Waals surface area contributed by atoms with Crippen molar-refractivity contribution in [2.24, 2.45) is 5.73 Å². The molecule has 0 aromatic carbocycles. The van der Waals surface area contributed by atoms with Gasteiger partial charge in [0, 0.05) is 44.6 Å². The molecule has 1 atom stereocenters. The third-order valence-electron chi connectivity index (χ3n) is 2.81. The molecule has 0 fully saturated rings. The van der Waals surface area contributed by atoms with E-state index in [4.69, 9.17) is 5.73 Å². The molecule has 0 saturated carbocycles. The lowest BCUT2D eigenvalue weighted by Gasteiger charge is -2.11. The fraction of sp³-hybridized carbons (Fsp3) is 0.714. The first-order valence-electron chi connectivity index (χ1n) is 7.41. The van der Waals surface area contributed by atoms with Crippen molar-refractivity contribution in [3.63, 3.8) is 0 Å². The van der Waals surface area contributed by atoms with Crippen LogP contribution in [0, 0.1) is 0 Å². The first-order chi connectivity index (χ1) is 10.9. The SMILES string of the molecule is CSC[C@H](N)C(=O)NCCC(=O)NCCC(=O)NCCC(C)=O. The number of ketones is 1. The Balaban J connectivity index is 3.66. The quantitative estimate of drug-likeness (QED) is 0.351. The molecular weight excluding hydrogens is 320 g/mol. The minimum atomic E-state index is -0.577. The van der Waals surface area contributed by atoms with Gasteiger partial charge < -0.3 is 21.7 Å². The van der Waals surface area contributed by atoms with Gasteiger partial charge in [0.05, 0.1) is 6.04 Å². The van der Waals surface area contributed by atoms with Crippen molar-refractivity contribution in [2.45, 2.75) is 32.2 Å². The molecule has 0 rings (SSSR count). The minimum absolute atomic E-state index is 0.0119. The van der Waals surface area contributed by atoms with E-state index in [9.17, 15) is 19.2 Å². The van der Waals surface area contributed by atoms with Gasteiger partial charge >= 0.3 is 0 Å². The third-order valence-corrected chi connectivity index (χ3v) is 3.50. The highest BCUT2D eigenvalue weighted by Gasteiger charge is 2.12. The van der Waals surface area contributed by atoms with Crippen molar-refractivity contribution in [3.05, 3.63) is 0 Å². The Morgan fingerprint density at radius 1 is 0.913 bits per heavy atom. The van der Waals surface area contributed by atoms with Crippen LogP contribution in [0.2, 0.25) is 0 Å². The number of amides is 3. The standard InChI is InChI=1S/C14H26N4O4S/c1-10(19)3-6-16-12(20)4-7-17-13(21)5-8-18-14(22)11(15)9-23-2/h11H,3-9,15H2,1-2H3,(H,16,20)(H,17,21)(H,18,22)/t11-/m0/s1. The summed E-state index contributed by atoms with van der Waals surface area (Å²) in [5, 5.41) is 7.76. The Kier molecular flexibility index (Phi) is 12.0. The molecule has 23 heavy (non-hydrogen) atoms. The number of hydrogen-bond donors (Lipinski definition) is 4. The van der Waals surface area contributed by atoms with Gasteiger partial charge in [0.2, 0.25) is 17.7 Å². The summed E-state index contributed by atoms with van der Waals surface area (Å²) in [6, 6.07) is -0.577. The molecule has 0 radical (unpaired) electrons. The number of hydrogen-bond acceptors (Lipinski definition) is 6. The summed E-state index contributed by atoms with van der Waals surface area (Å²) >= 11 is 1.48. The molecule has 9 heteroatoms. The molecule has 0 saturated heterocycles. The normalized spacial score (nSPS) is 11.4. The van der Waals surface area contributed by atoms with Crippen LogP contribution >= 0.6 is 11.8 Å². The lowest BCUT2D eigenvalue weighted by Crippen LogP contribution is -2.43. The smallest absolute Gasteiger partial charge is 0.237 e. The zero-order chi connectivity index (χ0) is 17.7. The van der Waals surface area contributed by atoms with E-state index in [1.807, 2.05) is 6.26 Å². The van der Waals surface area contributed by atoms with Gasteiger partial charge in [0.25, 0.3) is 0 Å². The van der Waals surface area contributed by atoms with E-state index in [-0.39, 0.29) is 49.4 Å². The Bertz CT molecular complexity index is 418. The largest absolute Gasteiger partial charge is 0.356 e. The van der Waals surface area contributed by atoms with Crippen LogP contribution in [0.25, 0.3) is 0 Å². The molecule has 132 valence electrons. The number of nitrogens with one attached hydrogen (secondary N) is 3. The first-order valence-corrected chi connectivity index (χ1v) is 8.81. The second-order valence-corrected chi connectivity index (χ2v) is 5.92. The Morgan fingerprint density at radius 2 is 1.39 bits per heavy atom. The van der Waals surface area contributed by atoms with Crippen molar-refractivity contribution in [1.29, 1.82) is 0 Å². The molecule has 0 heterocycles. The predicted octanol–water partition coefficient (Wildman–Crippen LogP) is -1.22. The maximum absolute atomic E-state index is 11.5. The molecule has 0 aliphatic heterocycles. The summed E-state index contributed by atoms with van der Waals surface area (Å²) in [7, 11) is 0. The number of carbonyl (C=O) groups is 4. The van der Waals surface area contributed by atoms with Crippen LogP contribution in [0.5, 0.6) is 0 Å². The van der Waals surface area contributed by atoms with Crippen molar-refractivity contribution >= 4 is 35.3 Å². The molecule has 0 aromatic heterocycles. The second-order valence-electron chi connectivity index (χ2n) is 5.00.